The van der Waals surface area contributed by atoms with E-state index >= 15 is 0 Å². The van der Waals surface area contributed by atoms with E-state index in [2.05, 4.69) is 93.7 Å². The third-order valence-corrected chi connectivity index (χ3v) is 13.0. The van der Waals surface area contributed by atoms with Gasteiger partial charge in [-0.1, -0.05) is 215 Å². The minimum Gasteiger partial charge on any atom is -0.479 e. The van der Waals surface area contributed by atoms with Gasteiger partial charge in [-0.25, -0.2) is 4.79 Å². The van der Waals surface area contributed by atoms with Crippen LogP contribution in [0.3, 0.4) is 0 Å². The molecule has 75 heavy (non-hydrogen) atoms. The van der Waals surface area contributed by atoms with E-state index in [1.165, 1.54) is 83.5 Å². The van der Waals surface area contributed by atoms with Crippen LogP contribution in [-0.2, 0) is 42.9 Å². The lowest BCUT2D eigenvalue weighted by Crippen LogP contribution is -2.61. The Labute approximate surface area is 454 Å². The number of esters is 3. The number of aliphatic carboxylic acids is 1. The summed E-state index contributed by atoms with van der Waals surface area (Å²) in [6.45, 7) is 5.77. The minimum atomic E-state index is -1.91. The molecule has 0 spiro atoms. The standard InChI is InChI=1S/C63H104O12/c1-4-7-10-13-16-19-21-23-25-27-28-30-31-33-35-38-40-43-46-49-55(64)71-52-54(73-56(65)50-47-44-42-39-36-34-32-29-26-24-22-20-17-14-11-8-5-2)53-72-63-61(59(68)58(67)60(75-63)62(69)70)74-57(66)51-48-45-41-37-18-15-12-9-6-3/h8,11,16-17,19-20,23-26,32,34,39,42,54,58-61,63,67-68H,4-7,9-10,12-15,18,21-22,27-31,33,35-38,40-41,43-53H2,1-3H3,(H,69,70)/b11-8-,19-16-,20-17-,25-23-,26-24-,34-32-,42-39-. The number of aliphatic hydroxyl groups excluding tert-OH is 2. The van der Waals surface area contributed by atoms with E-state index in [0.29, 0.717) is 25.7 Å². The molecule has 1 aliphatic heterocycles. The van der Waals surface area contributed by atoms with E-state index in [4.69, 9.17) is 23.7 Å². The quantitative estimate of drug-likeness (QED) is 0.0228. The van der Waals surface area contributed by atoms with E-state index in [-0.39, 0.29) is 25.9 Å². The van der Waals surface area contributed by atoms with Crippen molar-refractivity contribution in [3.05, 3.63) is 85.1 Å². The summed E-state index contributed by atoms with van der Waals surface area (Å²) in [5.74, 6) is -3.21. The molecule has 12 heteroatoms. The van der Waals surface area contributed by atoms with Crippen LogP contribution in [-0.4, -0.2) is 89.2 Å². The summed E-state index contributed by atoms with van der Waals surface area (Å²) in [5.41, 5.74) is 0. The highest BCUT2D eigenvalue weighted by atomic mass is 16.7. The van der Waals surface area contributed by atoms with Crippen LogP contribution in [0.1, 0.15) is 239 Å². The molecule has 6 unspecified atom stereocenters. The van der Waals surface area contributed by atoms with Crippen LogP contribution in [0.4, 0.5) is 0 Å². The number of carbonyl (C=O) groups is 4. The number of allylic oxidation sites excluding steroid dienone is 14. The second-order valence-corrected chi connectivity index (χ2v) is 19.9. The van der Waals surface area contributed by atoms with Gasteiger partial charge in [0.25, 0.3) is 0 Å². The summed E-state index contributed by atoms with van der Waals surface area (Å²) < 4.78 is 28.3. The Kier molecular flexibility index (Phi) is 46.6. The van der Waals surface area contributed by atoms with Gasteiger partial charge in [-0.05, 0) is 89.9 Å². The first-order valence-corrected chi connectivity index (χ1v) is 29.6. The van der Waals surface area contributed by atoms with Crippen molar-refractivity contribution in [1.29, 1.82) is 0 Å². The molecule has 0 aliphatic carbocycles. The van der Waals surface area contributed by atoms with E-state index in [9.17, 15) is 34.5 Å². The van der Waals surface area contributed by atoms with Gasteiger partial charge in [0.1, 0.15) is 18.8 Å². The number of carbonyl (C=O) groups excluding carboxylic acids is 3. The number of carboxylic acid groups (broad SMARTS) is 1. The van der Waals surface area contributed by atoms with E-state index in [0.717, 1.165) is 89.9 Å². The van der Waals surface area contributed by atoms with Gasteiger partial charge in [0.2, 0.25) is 0 Å². The van der Waals surface area contributed by atoms with Crippen LogP contribution in [0.2, 0.25) is 0 Å². The first-order chi connectivity index (χ1) is 36.6. The van der Waals surface area contributed by atoms with Gasteiger partial charge in [0.15, 0.2) is 24.6 Å². The zero-order valence-corrected chi connectivity index (χ0v) is 47.0. The summed E-state index contributed by atoms with van der Waals surface area (Å²) >= 11 is 0. The van der Waals surface area contributed by atoms with Crippen molar-refractivity contribution in [3.63, 3.8) is 0 Å². The second-order valence-electron chi connectivity index (χ2n) is 19.9. The van der Waals surface area contributed by atoms with Crippen LogP contribution < -0.4 is 0 Å². The molecule has 1 rings (SSSR count). The van der Waals surface area contributed by atoms with E-state index < -0.39 is 67.3 Å². The van der Waals surface area contributed by atoms with Gasteiger partial charge in [0, 0.05) is 19.3 Å². The Balaban J connectivity index is 2.70. The maximum Gasteiger partial charge on any atom is 0.335 e. The Bertz CT molecular complexity index is 1630. The molecule has 0 bridgehead atoms. The molecular weight excluding hydrogens is 949 g/mol. The Hall–Kier alpha value is -4.10. The van der Waals surface area contributed by atoms with Gasteiger partial charge < -0.3 is 39.0 Å². The molecule has 3 N–H and O–H groups in total. The lowest BCUT2D eigenvalue weighted by atomic mass is 9.98. The lowest BCUT2D eigenvalue weighted by Gasteiger charge is -2.40. The fourth-order valence-electron chi connectivity index (χ4n) is 8.43. The monoisotopic (exact) mass is 1050 g/mol. The molecule has 0 saturated carbocycles. The molecule has 1 aliphatic rings. The number of aliphatic hydroxyl groups is 2. The van der Waals surface area contributed by atoms with Crippen molar-refractivity contribution in [2.24, 2.45) is 0 Å². The first kappa shape index (κ1) is 68.9. The number of hydrogen-bond acceptors (Lipinski definition) is 11. The summed E-state index contributed by atoms with van der Waals surface area (Å²) in [4.78, 5) is 51.0. The minimum absolute atomic E-state index is 0.0519. The van der Waals surface area contributed by atoms with Crippen molar-refractivity contribution in [1.82, 2.24) is 0 Å². The van der Waals surface area contributed by atoms with Crippen molar-refractivity contribution in [3.8, 4) is 0 Å². The third kappa shape index (κ3) is 40.8. The molecule has 0 radical (unpaired) electrons. The van der Waals surface area contributed by atoms with Crippen molar-refractivity contribution >= 4 is 23.9 Å². The molecule has 6 atom stereocenters. The molecular formula is C63H104O12. The van der Waals surface area contributed by atoms with Crippen LogP contribution in [0, 0.1) is 0 Å². The smallest absolute Gasteiger partial charge is 0.335 e. The van der Waals surface area contributed by atoms with E-state index in [1.54, 1.807) is 0 Å². The fourth-order valence-corrected chi connectivity index (χ4v) is 8.43. The van der Waals surface area contributed by atoms with E-state index in [1.807, 2.05) is 12.2 Å². The van der Waals surface area contributed by atoms with Crippen molar-refractivity contribution in [2.75, 3.05) is 13.2 Å². The highest BCUT2D eigenvalue weighted by Gasteiger charge is 2.50. The molecule has 0 aromatic heterocycles. The molecule has 1 fully saturated rings. The van der Waals surface area contributed by atoms with Crippen LogP contribution in [0.25, 0.3) is 0 Å². The fraction of sp³-hybridized carbons (Fsp3) is 0.714. The van der Waals surface area contributed by atoms with Gasteiger partial charge in [-0.3, -0.25) is 14.4 Å². The van der Waals surface area contributed by atoms with Crippen LogP contribution in [0.15, 0.2) is 85.1 Å². The largest absolute Gasteiger partial charge is 0.479 e. The topological polar surface area (TPSA) is 175 Å². The van der Waals surface area contributed by atoms with Crippen LogP contribution >= 0.6 is 0 Å². The Morgan fingerprint density at radius 3 is 1.35 bits per heavy atom. The maximum atomic E-state index is 13.1. The highest BCUT2D eigenvalue weighted by Crippen LogP contribution is 2.26. The lowest BCUT2D eigenvalue weighted by molar-refractivity contribution is -0.301. The SMILES string of the molecule is CC/C=C\C/C=C\C/C=C\C/C=C\C/C=C\CCCC(=O)OC(COC(=O)CCCCCCCCCCC/C=C\C/C=C\CCCCC)COC1OC(C(=O)O)C(O)C(O)C1OC(=O)CCCCCCCCCCC. The van der Waals surface area contributed by atoms with Gasteiger partial charge in [0.05, 0.1) is 6.61 Å². The van der Waals surface area contributed by atoms with Crippen molar-refractivity contribution in [2.45, 2.75) is 276 Å². The van der Waals surface area contributed by atoms with Crippen molar-refractivity contribution < 1.29 is 58.2 Å². The summed E-state index contributed by atoms with van der Waals surface area (Å²) in [6.07, 6.45) is 52.9. The van der Waals surface area contributed by atoms with Gasteiger partial charge in [-0.15, -0.1) is 0 Å². The summed E-state index contributed by atoms with van der Waals surface area (Å²) in [6, 6.07) is 0. The number of rotatable bonds is 49. The molecule has 0 aromatic rings. The summed E-state index contributed by atoms with van der Waals surface area (Å²) in [7, 11) is 0. The average Bonchev–Trinajstić information content (AvgIpc) is 3.39. The first-order valence-electron chi connectivity index (χ1n) is 29.6. The van der Waals surface area contributed by atoms with Gasteiger partial charge >= 0.3 is 23.9 Å². The third-order valence-electron chi connectivity index (χ3n) is 13.0. The maximum absolute atomic E-state index is 13.1. The predicted octanol–water partition coefficient (Wildman–Crippen LogP) is 15.1. The molecule has 428 valence electrons. The number of unbranched alkanes of at least 4 members (excludes halogenated alkanes) is 21. The zero-order valence-electron chi connectivity index (χ0n) is 47.0. The van der Waals surface area contributed by atoms with Gasteiger partial charge in [-0.2, -0.15) is 0 Å². The zero-order chi connectivity index (χ0) is 54.7. The molecule has 1 heterocycles. The second kappa shape index (κ2) is 50.7. The number of carboxylic acids is 1. The normalized spacial score (nSPS) is 18.8. The number of ether oxygens (including phenoxy) is 5. The highest BCUT2D eigenvalue weighted by molar-refractivity contribution is 5.74. The molecule has 1 saturated heterocycles. The Morgan fingerprint density at radius 1 is 0.453 bits per heavy atom. The molecule has 12 nitrogen and oxygen atoms in total. The summed E-state index contributed by atoms with van der Waals surface area (Å²) in [5, 5.41) is 31.4. The Morgan fingerprint density at radius 2 is 0.853 bits per heavy atom. The predicted molar refractivity (Wildman–Crippen MR) is 303 cm³/mol. The number of hydrogen-bond donors (Lipinski definition) is 3. The molecule has 0 amide bonds. The van der Waals surface area contributed by atoms with Crippen LogP contribution in [0.5, 0.6) is 0 Å². The average molecular weight is 1050 g/mol. The molecule has 0 aromatic carbocycles.